The third-order valence-electron chi connectivity index (χ3n) is 2.95. The van der Waals surface area contributed by atoms with Gasteiger partial charge in [0.25, 0.3) is 5.69 Å². The van der Waals surface area contributed by atoms with Crippen molar-refractivity contribution in [3.8, 4) is 0 Å². The number of para-hydroxylation sites is 1. The standard InChI is InChI=1S/C14H8N2O3/c17-14-11-3-1-2-4-12(11)15-13(14)9-5-7-10(8-6-9)16(18)19/h1-8H. The van der Waals surface area contributed by atoms with Crippen molar-refractivity contribution in [3.05, 3.63) is 69.8 Å². The number of nitrogens with zero attached hydrogens (tertiary/aromatic N) is 2. The predicted octanol–water partition coefficient (Wildman–Crippen LogP) is 2.91. The van der Waals surface area contributed by atoms with Crippen molar-refractivity contribution in [2.24, 2.45) is 4.99 Å². The Bertz CT molecular complexity index is 718. The van der Waals surface area contributed by atoms with E-state index in [0.29, 0.717) is 22.5 Å². The van der Waals surface area contributed by atoms with E-state index >= 15 is 0 Å². The number of carbonyl (C=O) groups excluding carboxylic acids is 1. The minimum atomic E-state index is -0.475. The van der Waals surface area contributed by atoms with E-state index in [1.165, 1.54) is 12.1 Å². The number of non-ortho nitro benzene ring substituents is 1. The summed E-state index contributed by atoms with van der Waals surface area (Å²) in [5.74, 6) is -0.149. The largest absolute Gasteiger partial charge is 0.287 e. The summed E-state index contributed by atoms with van der Waals surface area (Å²) >= 11 is 0. The van der Waals surface area contributed by atoms with Gasteiger partial charge in [-0.25, -0.2) is 4.99 Å². The number of benzene rings is 2. The van der Waals surface area contributed by atoms with Crippen LogP contribution in [-0.4, -0.2) is 16.4 Å². The highest BCUT2D eigenvalue weighted by atomic mass is 16.6. The molecule has 2 aromatic rings. The van der Waals surface area contributed by atoms with Crippen LogP contribution in [0.2, 0.25) is 0 Å². The zero-order chi connectivity index (χ0) is 13.4. The zero-order valence-electron chi connectivity index (χ0n) is 9.74. The summed E-state index contributed by atoms with van der Waals surface area (Å²) in [6, 6.07) is 12.9. The lowest BCUT2D eigenvalue weighted by Gasteiger charge is -1.98. The van der Waals surface area contributed by atoms with Crippen LogP contribution in [0, 0.1) is 10.1 Å². The molecule has 0 radical (unpaired) electrons. The topological polar surface area (TPSA) is 72.6 Å². The molecule has 0 atom stereocenters. The van der Waals surface area contributed by atoms with Gasteiger partial charge in [-0.3, -0.25) is 14.9 Å². The Kier molecular flexibility index (Phi) is 2.45. The van der Waals surface area contributed by atoms with Gasteiger partial charge in [0.15, 0.2) is 0 Å². The maximum absolute atomic E-state index is 12.2. The molecule has 19 heavy (non-hydrogen) atoms. The highest BCUT2D eigenvalue weighted by molar-refractivity contribution is 6.54. The Labute approximate surface area is 108 Å². The van der Waals surface area contributed by atoms with Crippen LogP contribution < -0.4 is 0 Å². The van der Waals surface area contributed by atoms with Gasteiger partial charge < -0.3 is 0 Å². The zero-order valence-corrected chi connectivity index (χ0v) is 9.74. The van der Waals surface area contributed by atoms with Gasteiger partial charge in [-0.2, -0.15) is 0 Å². The van der Waals surface area contributed by atoms with E-state index in [2.05, 4.69) is 4.99 Å². The SMILES string of the molecule is O=C1C(c2ccc([N+](=O)[O-])cc2)=Nc2ccccc21. The second-order valence-corrected chi connectivity index (χ2v) is 4.11. The van der Waals surface area contributed by atoms with Gasteiger partial charge >= 0.3 is 0 Å². The number of aliphatic imine (C=N–C) groups is 1. The monoisotopic (exact) mass is 252 g/mol. The quantitative estimate of drug-likeness (QED) is 0.609. The maximum Gasteiger partial charge on any atom is 0.269 e. The average Bonchev–Trinajstić information content (AvgIpc) is 2.77. The van der Waals surface area contributed by atoms with Crippen LogP contribution in [0.15, 0.2) is 53.5 Å². The molecular weight excluding hydrogens is 244 g/mol. The Balaban J connectivity index is 2.01. The van der Waals surface area contributed by atoms with Crippen molar-refractivity contribution < 1.29 is 9.72 Å². The van der Waals surface area contributed by atoms with Crippen molar-refractivity contribution in [1.82, 2.24) is 0 Å². The Hall–Kier alpha value is -2.82. The van der Waals surface area contributed by atoms with E-state index < -0.39 is 4.92 Å². The van der Waals surface area contributed by atoms with Crippen LogP contribution in [0.5, 0.6) is 0 Å². The fraction of sp³-hybridized carbons (Fsp3) is 0. The van der Waals surface area contributed by atoms with Gasteiger partial charge in [0.1, 0.15) is 5.71 Å². The molecular formula is C14H8N2O3. The molecule has 0 aliphatic carbocycles. The van der Waals surface area contributed by atoms with Gasteiger partial charge in [-0.1, -0.05) is 12.1 Å². The van der Waals surface area contributed by atoms with Gasteiger partial charge in [-0.15, -0.1) is 0 Å². The molecule has 1 aliphatic heterocycles. The number of nitro groups is 1. The predicted molar refractivity (Wildman–Crippen MR) is 70.1 cm³/mol. The molecule has 0 fully saturated rings. The first-order valence-electron chi connectivity index (χ1n) is 5.64. The van der Waals surface area contributed by atoms with Gasteiger partial charge in [-0.05, 0) is 24.3 Å². The molecule has 1 heterocycles. The number of hydrogen-bond acceptors (Lipinski definition) is 4. The average molecular weight is 252 g/mol. The van der Waals surface area contributed by atoms with Crippen LogP contribution >= 0.6 is 0 Å². The van der Waals surface area contributed by atoms with E-state index in [4.69, 9.17) is 0 Å². The second kappa shape index (κ2) is 4.13. The maximum atomic E-state index is 12.2. The lowest BCUT2D eigenvalue weighted by molar-refractivity contribution is -0.384. The first-order chi connectivity index (χ1) is 9.16. The third-order valence-corrected chi connectivity index (χ3v) is 2.95. The highest BCUT2D eigenvalue weighted by Crippen LogP contribution is 2.28. The van der Waals surface area contributed by atoms with Gasteiger partial charge in [0, 0.05) is 23.3 Å². The van der Waals surface area contributed by atoms with E-state index in [-0.39, 0.29) is 11.5 Å². The summed E-state index contributed by atoms with van der Waals surface area (Å²) in [6.07, 6.45) is 0. The number of carbonyl (C=O) groups is 1. The van der Waals surface area contributed by atoms with Crippen LogP contribution in [0.4, 0.5) is 11.4 Å². The molecule has 0 saturated carbocycles. The first-order valence-corrected chi connectivity index (χ1v) is 5.64. The molecule has 5 nitrogen and oxygen atoms in total. The molecule has 1 aliphatic rings. The summed E-state index contributed by atoms with van der Waals surface area (Å²) in [5.41, 5.74) is 2.12. The van der Waals surface area contributed by atoms with Crippen molar-refractivity contribution >= 4 is 22.9 Å². The molecule has 0 amide bonds. The number of Topliss-reactive ketones (excluding diaryl/α,β-unsaturated/α-hetero) is 1. The molecule has 0 saturated heterocycles. The van der Waals surface area contributed by atoms with E-state index in [9.17, 15) is 14.9 Å². The molecule has 0 spiro atoms. The normalized spacial score (nSPS) is 13.1. The smallest absolute Gasteiger partial charge is 0.269 e. The number of rotatable bonds is 2. The second-order valence-electron chi connectivity index (χ2n) is 4.11. The molecule has 0 bridgehead atoms. The molecule has 0 unspecified atom stereocenters. The Morgan fingerprint density at radius 3 is 2.32 bits per heavy atom. The van der Waals surface area contributed by atoms with E-state index in [1.54, 1.807) is 30.3 Å². The fourth-order valence-electron chi connectivity index (χ4n) is 2.00. The molecule has 3 rings (SSSR count). The van der Waals surface area contributed by atoms with Gasteiger partial charge in [0.2, 0.25) is 5.78 Å². The van der Waals surface area contributed by atoms with Crippen LogP contribution in [0.3, 0.4) is 0 Å². The summed E-state index contributed by atoms with van der Waals surface area (Å²) in [5, 5.41) is 10.6. The molecule has 5 heteroatoms. The van der Waals surface area contributed by atoms with Crippen molar-refractivity contribution in [2.75, 3.05) is 0 Å². The number of fused-ring (bicyclic) bond motifs is 1. The molecule has 0 N–H and O–H groups in total. The molecule has 0 aromatic heterocycles. The summed E-state index contributed by atoms with van der Waals surface area (Å²) in [4.78, 5) is 26.5. The minimum absolute atomic E-state index is 0.00712. The van der Waals surface area contributed by atoms with E-state index in [1.807, 2.05) is 6.07 Å². The summed E-state index contributed by atoms with van der Waals surface area (Å²) in [6.45, 7) is 0. The van der Waals surface area contributed by atoms with Crippen molar-refractivity contribution in [3.63, 3.8) is 0 Å². The van der Waals surface area contributed by atoms with Gasteiger partial charge in [0.05, 0.1) is 10.6 Å². The third kappa shape index (κ3) is 1.81. The molecule has 2 aromatic carbocycles. The molecule has 92 valence electrons. The number of hydrogen-bond donors (Lipinski definition) is 0. The lowest BCUT2D eigenvalue weighted by Crippen LogP contribution is -2.10. The minimum Gasteiger partial charge on any atom is -0.287 e. The van der Waals surface area contributed by atoms with E-state index in [0.717, 1.165) is 0 Å². The van der Waals surface area contributed by atoms with Crippen LogP contribution in [-0.2, 0) is 0 Å². The van der Waals surface area contributed by atoms with Crippen LogP contribution in [0.25, 0.3) is 0 Å². The summed E-state index contributed by atoms with van der Waals surface area (Å²) in [7, 11) is 0. The first kappa shape index (κ1) is 11.3. The van der Waals surface area contributed by atoms with Crippen molar-refractivity contribution in [2.45, 2.75) is 0 Å². The number of ketones is 1. The fourth-order valence-corrected chi connectivity index (χ4v) is 2.00. The lowest BCUT2D eigenvalue weighted by atomic mass is 10.0. The highest BCUT2D eigenvalue weighted by Gasteiger charge is 2.25. The van der Waals surface area contributed by atoms with Crippen LogP contribution in [0.1, 0.15) is 15.9 Å². The number of nitro benzene ring substituents is 1. The van der Waals surface area contributed by atoms with Crippen molar-refractivity contribution in [1.29, 1.82) is 0 Å². The Morgan fingerprint density at radius 2 is 1.68 bits per heavy atom. The summed E-state index contributed by atoms with van der Waals surface area (Å²) < 4.78 is 0. The Morgan fingerprint density at radius 1 is 1.00 bits per heavy atom.